The largest absolute Gasteiger partial charge is 0.493 e. The summed E-state index contributed by atoms with van der Waals surface area (Å²) in [5.41, 5.74) is 0.359. The second kappa shape index (κ2) is 6.89. The first-order valence-electron chi connectivity index (χ1n) is 7.27. The lowest BCUT2D eigenvalue weighted by Gasteiger charge is -2.09. The van der Waals surface area contributed by atoms with E-state index in [-0.39, 0.29) is 12.2 Å². The van der Waals surface area contributed by atoms with Gasteiger partial charge in [-0.2, -0.15) is 9.61 Å². The van der Waals surface area contributed by atoms with E-state index in [0.717, 1.165) is 5.01 Å². The molecule has 0 fully saturated rings. The molecule has 0 N–H and O–H groups in total. The summed E-state index contributed by atoms with van der Waals surface area (Å²) >= 11 is 1.29. The highest BCUT2D eigenvalue weighted by molar-refractivity contribution is 7.16. The lowest BCUT2D eigenvalue weighted by atomic mass is 10.2. The fourth-order valence-electron chi connectivity index (χ4n) is 2.21. The number of hydrogen-bond donors (Lipinski definition) is 0. The molecule has 0 unspecified atom stereocenters. The van der Waals surface area contributed by atoms with Gasteiger partial charge >= 0.3 is 5.97 Å². The number of nitrogens with zero attached hydrogens (tertiary/aromatic N) is 3. The van der Waals surface area contributed by atoms with Gasteiger partial charge in [-0.05, 0) is 25.1 Å². The van der Waals surface area contributed by atoms with Crippen LogP contribution in [0.3, 0.4) is 0 Å². The maximum absolute atomic E-state index is 12.2. The summed E-state index contributed by atoms with van der Waals surface area (Å²) in [6.07, 6.45) is 0. The predicted octanol–water partition coefficient (Wildman–Crippen LogP) is 1.83. The van der Waals surface area contributed by atoms with E-state index in [4.69, 9.17) is 14.2 Å². The second-order valence-electron chi connectivity index (χ2n) is 5.05. The lowest BCUT2D eigenvalue weighted by molar-refractivity contribution is 0.0467. The van der Waals surface area contributed by atoms with E-state index in [1.165, 1.54) is 42.2 Å². The molecule has 25 heavy (non-hydrogen) atoms. The van der Waals surface area contributed by atoms with E-state index in [1.54, 1.807) is 19.1 Å². The summed E-state index contributed by atoms with van der Waals surface area (Å²) in [5.74, 6) is 0.387. The van der Waals surface area contributed by atoms with Crippen LogP contribution in [-0.2, 0) is 11.3 Å². The molecule has 0 spiro atoms. The van der Waals surface area contributed by atoms with Crippen molar-refractivity contribution in [2.45, 2.75) is 13.5 Å². The lowest BCUT2D eigenvalue weighted by Crippen LogP contribution is -2.16. The molecule has 0 amide bonds. The molecule has 0 radical (unpaired) electrons. The van der Waals surface area contributed by atoms with Crippen LogP contribution in [-0.4, -0.2) is 34.8 Å². The van der Waals surface area contributed by atoms with Crippen molar-refractivity contribution in [3.8, 4) is 11.5 Å². The highest BCUT2D eigenvalue weighted by Gasteiger charge is 2.13. The van der Waals surface area contributed by atoms with Gasteiger partial charge < -0.3 is 14.2 Å². The van der Waals surface area contributed by atoms with Gasteiger partial charge in [-0.25, -0.2) is 9.78 Å². The van der Waals surface area contributed by atoms with Gasteiger partial charge in [0.25, 0.3) is 5.56 Å². The first kappa shape index (κ1) is 16.9. The number of aromatic nitrogens is 3. The summed E-state index contributed by atoms with van der Waals surface area (Å²) in [5, 5.41) is 4.78. The standard InChI is InChI=1S/C16H15N3O5S/c1-9-18-19-14(20)7-11(17-16(19)25-9)8-24-15(21)10-4-5-12(22-2)13(6-10)23-3/h4-7H,8H2,1-3H3. The van der Waals surface area contributed by atoms with Crippen LogP contribution in [0.15, 0.2) is 29.1 Å². The number of benzene rings is 1. The molecule has 0 saturated heterocycles. The average Bonchev–Trinajstić information content (AvgIpc) is 2.99. The molecule has 3 aromatic rings. The van der Waals surface area contributed by atoms with Crippen molar-refractivity contribution >= 4 is 22.3 Å². The van der Waals surface area contributed by atoms with E-state index in [1.807, 2.05) is 0 Å². The molecule has 9 heteroatoms. The third kappa shape index (κ3) is 3.45. The number of ether oxygens (including phenoxy) is 3. The molecule has 0 aliphatic heterocycles. The summed E-state index contributed by atoms with van der Waals surface area (Å²) in [6.45, 7) is 1.67. The van der Waals surface area contributed by atoms with Crippen LogP contribution < -0.4 is 15.0 Å². The number of carbonyl (C=O) groups is 1. The van der Waals surface area contributed by atoms with E-state index < -0.39 is 5.97 Å². The Bertz CT molecular complexity index is 995. The van der Waals surface area contributed by atoms with Crippen molar-refractivity contribution < 1.29 is 19.0 Å². The third-order valence-electron chi connectivity index (χ3n) is 3.37. The van der Waals surface area contributed by atoms with Crippen LogP contribution in [0, 0.1) is 6.92 Å². The van der Waals surface area contributed by atoms with Crippen LogP contribution >= 0.6 is 11.3 Å². The first-order valence-corrected chi connectivity index (χ1v) is 8.09. The molecule has 0 aliphatic rings. The van der Waals surface area contributed by atoms with E-state index in [2.05, 4.69) is 10.1 Å². The summed E-state index contributed by atoms with van der Waals surface area (Å²) in [7, 11) is 2.99. The van der Waals surface area contributed by atoms with Crippen molar-refractivity contribution in [1.29, 1.82) is 0 Å². The van der Waals surface area contributed by atoms with E-state index in [9.17, 15) is 9.59 Å². The minimum atomic E-state index is -0.552. The normalized spacial score (nSPS) is 10.7. The zero-order valence-corrected chi connectivity index (χ0v) is 14.6. The van der Waals surface area contributed by atoms with Crippen molar-refractivity contribution in [3.05, 3.63) is 50.9 Å². The number of aryl methyl sites for hydroxylation is 1. The number of methoxy groups -OCH3 is 2. The quantitative estimate of drug-likeness (QED) is 0.640. The van der Waals surface area contributed by atoms with Gasteiger partial charge in [-0.1, -0.05) is 11.3 Å². The Kier molecular flexibility index (Phi) is 4.66. The Morgan fingerprint density at radius 2 is 1.96 bits per heavy atom. The number of rotatable bonds is 5. The van der Waals surface area contributed by atoms with Crippen molar-refractivity contribution in [2.75, 3.05) is 14.2 Å². The predicted molar refractivity (Wildman–Crippen MR) is 90.5 cm³/mol. The Morgan fingerprint density at radius 3 is 2.68 bits per heavy atom. The smallest absolute Gasteiger partial charge is 0.338 e. The SMILES string of the molecule is COc1ccc(C(=O)OCc2cc(=O)n3nc(C)sc3n2)cc1OC. The van der Waals surface area contributed by atoms with E-state index in [0.29, 0.717) is 27.7 Å². The number of fused-ring (bicyclic) bond motifs is 1. The highest BCUT2D eigenvalue weighted by Crippen LogP contribution is 2.27. The van der Waals surface area contributed by atoms with Crippen molar-refractivity contribution in [2.24, 2.45) is 0 Å². The fourth-order valence-corrected chi connectivity index (χ4v) is 2.98. The number of esters is 1. The molecule has 0 atom stereocenters. The Balaban J connectivity index is 1.77. The minimum Gasteiger partial charge on any atom is -0.493 e. The molecule has 2 heterocycles. The van der Waals surface area contributed by atoms with Gasteiger partial charge in [-0.3, -0.25) is 4.79 Å². The molecule has 0 aliphatic carbocycles. The zero-order chi connectivity index (χ0) is 18.0. The van der Waals surface area contributed by atoms with Crippen LogP contribution in [0.2, 0.25) is 0 Å². The van der Waals surface area contributed by atoms with Crippen LogP contribution in [0.5, 0.6) is 11.5 Å². The summed E-state index contributed by atoms with van der Waals surface area (Å²) in [4.78, 5) is 28.9. The monoisotopic (exact) mass is 361 g/mol. The zero-order valence-electron chi connectivity index (χ0n) is 13.8. The van der Waals surface area contributed by atoms with Crippen molar-refractivity contribution in [3.63, 3.8) is 0 Å². The van der Waals surface area contributed by atoms with E-state index >= 15 is 0 Å². The Morgan fingerprint density at radius 1 is 1.20 bits per heavy atom. The highest BCUT2D eigenvalue weighted by atomic mass is 32.1. The average molecular weight is 361 g/mol. The second-order valence-corrected chi connectivity index (χ2v) is 6.21. The Labute approximate surface area is 146 Å². The first-order chi connectivity index (χ1) is 12.0. The molecule has 1 aromatic carbocycles. The summed E-state index contributed by atoms with van der Waals surface area (Å²) in [6, 6.07) is 6.02. The molecule has 8 nitrogen and oxygen atoms in total. The Hall–Kier alpha value is -2.94. The van der Waals surface area contributed by atoms with Crippen LogP contribution in [0.4, 0.5) is 0 Å². The van der Waals surface area contributed by atoms with Gasteiger partial charge in [0.2, 0.25) is 4.96 Å². The van der Waals surface area contributed by atoms with Crippen molar-refractivity contribution in [1.82, 2.24) is 14.6 Å². The molecule has 3 rings (SSSR count). The molecular weight excluding hydrogens is 346 g/mol. The van der Waals surface area contributed by atoms with Gasteiger partial charge in [-0.15, -0.1) is 0 Å². The molecule has 130 valence electrons. The van der Waals surface area contributed by atoms with Gasteiger partial charge in [0, 0.05) is 6.07 Å². The van der Waals surface area contributed by atoms with Gasteiger partial charge in [0.1, 0.15) is 11.6 Å². The minimum absolute atomic E-state index is 0.115. The molecule has 0 saturated carbocycles. The van der Waals surface area contributed by atoms with Gasteiger partial charge in [0.05, 0.1) is 25.5 Å². The van der Waals surface area contributed by atoms with Crippen LogP contribution in [0.1, 0.15) is 21.1 Å². The number of carbonyl (C=O) groups excluding carboxylic acids is 1. The number of hydrogen-bond acceptors (Lipinski definition) is 8. The molecule has 2 aromatic heterocycles. The maximum Gasteiger partial charge on any atom is 0.338 e. The molecular formula is C16H15N3O5S. The topological polar surface area (TPSA) is 92.0 Å². The van der Waals surface area contributed by atoms with Crippen LogP contribution in [0.25, 0.3) is 4.96 Å². The maximum atomic E-state index is 12.2. The summed E-state index contributed by atoms with van der Waals surface area (Å²) < 4.78 is 16.7. The van der Waals surface area contributed by atoms with Gasteiger partial charge in [0.15, 0.2) is 11.5 Å². The third-order valence-corrected chi connectivity index (χ3v) is 4.19. The fraction of sp³-hybridized carbons (Fsp3) is 0.250. The molecule has 0 bridgehead atoms.